The van der Waals surface area contributed by atoms with E-state index in [2.05, 4.69) is 16.4 Å². The van der Waals surface area contributed by atoms with Crippen molar-refractivity contribution < 1.29 is 13.9 Å². The van der Waals surface area contributed by atoms with Gasteiger partial charge in [-0.25, -0.2) is 4.39 Å². The topological polar surface area (TPSA) is 46.3 Å². The average Bonchev–Trinajstić information content (AvgIpc) is 3.00. The van der Waals surface area contributed by atoms with Gasteiger partial charge in [0.05, 0.1) is 0 Å². The Morgan fingerprint density at radius 3 is 2.83 bits per heavy atom. The number of aromatic nitrogens is 1. The quantitative estimate of drug-likeness (QED) is 0.706. The first-order valence-corrected chi connectivity index (χ1v) is 8.14. The van der Waals surface area contributed by atoms with Crippen LogP contribution in [0.25, 0.3) is 10.9 Å². The summed E-state index contributed by atoms with van der Waals surface area (Å²) in [5.74, 6) is 1.42. The maximum Gasteiger partial charge on any atom is 0.161 e. The van der Waals surface area contributed by atoms with Gasteiger partial charge in [-0.1, -0.05) is 6.07 Å². The van der Waals surface area contributed by atoms with Gasteiger partial charge in [-0.3, -0.25) is 0 Å². The van der Waals surface area contributed by atoms with Crippen LogP contribution in [0.4, 0.5) is 4.39 Å². The van der Waals surface area contributed by atoms with E-state index < -0.39 is 0 Å². The third-order valence-electron chi connectivity index (χ3n) is 4.24. The molecule has 1 aliphatic heterocycles. The van der Waals surface area contributed by atoms with Crippen LogP contribution >= 0.6 is 0 Å². The van der Waals surface area contributed by atoms with Gasteiger partial charge in [0.2, 0.25) is 0 Å². The van der Waals surface area contributed by atoms with Crippen molar-refractivity contribution in [2.24, 2.45) is 0 Å². The summed E-state index contributed by atoms with van der Waals surface area (Å²) in [4.78, 5) is 3.12. The van der Waals surface area contributed by atoms with E-state index in [1.807, 2.05) is 24.4 Å². The number of H-pyrrole nitrogens is 1. The molecule has 0 fully saturated rings. The van der Waals surface area contributed by atoms with E-state index in [9.17, 15) is 4.39 Å². The zero-order valence-corrected chi connectivity index (χ0v) is 13.3. The van der Waals surface area contributed by atoms with Gasteiger partial charge >= 0.3 is 0 Å². The van der Waals surface area contributed by atoms with Gasteiger partial charge in [-0.2, -0.15) is 0 Å². The highest BCUT2D eigenvalue weighted by molar-refractivity contribution is 5.83. The molecule has 5 heteroatoms. The zero-order chi connectivity index (χ0) is 16.4. The van der Waals surface area contributed by atoms with E-state index in [1.54, 1.807) is 0 Å². The van der Waals surface area contributed by atoms with Crippen LogP contribution in [0.15, 0.2) is 42.6 Å². The highest BCUT2D eigenvalue weighted by Gasteiger charge is 2.11. The Balaban J connectivity index is 1.34. The third-order valence-corrected chi connectivity index (χ3v) is 4.24. The number of nitrogens with one attached hydrogen (secondary N) is 2. The van der Waals surface area contributed by atoms with Crippen molar-refractivity contribution in [2.75, 3.05) is 19.8 Å². The second-order valence-corrected chi connectivity index (χ2v) is 5.91. The lowest BCUT2D eigenvalue weighted by Gasteiger charge is -2.19. The molecule has 0 aliphatic carbocycles. The molecule has 0 spiro atoms. The Morgan fingerprint density at radius 1 is 1.04 bits per heavy atom. The van der Waals surface area contributed by atoms with E-state index in [-0.39, 0.29) is 5.82 Å². The van der Waals surface area contributed by atoms with E-state index in [0.29, 0.717) is 13.2 Å². The maximum atomic E-state index is 13.2. The number of rotatable bonds is 5. The fraction of sp³-hybridized carbons (Fsp3) is 0.263. The standard InChI is InChI=1S/C19H19FN2O2/c20-15-2-3-16-14(12-22-17(16)10-15)5-6-21-11-13-1-4-18-19(9-13)24-8-7-23-18/h1-4,9-10,12,21-22H,5-8,11H2. The van der Waals surface area contributed by atoms with Gasteiger partial charge in [-0.15, -0.1) is 0 Å². The van der Waals surface area contributed by atoms with Crippen molar-refractivity contribution >= 4 is 10.9 Å². The molecule has 3 aromatic rings. The molecule has 24 heavy (non-hydrogen) atoms. The molecule has 2 heterocycles. The van der Waals surface area contributed by atoms with Crippen molar-refractivity contribution in [1.82, 2.24) is 10.3 Å². The van der Waals surface area contributed by atoms with Crippen LogP contribution in [0, 0.1) is 5.82 Å². The molecule has 0 bridgehead atoms. The molecule has 4 nitrogen and oxygen atoms in total. The second kappa shape index (κ2) is 6.53. The van der Waals surface area contributed by atoms with E-state index >= 15 is 0 Å². The Bertz CT molecular complexity index is 860. The molecule has 0 amide bonds. The van der Waals surface area contributed by atoms with Crippen LogP contribution in [0.1, 0.15) is 11.1 Å². The molecule has 2 aromatic carbocycles. The maximum absolute atomic E-state index is 13.2. The number of benzene rings is 2. The summed E-state index contributed by atoms with van der Waals surface area (Å²) in [6.45, 7) is 2.83. The molecule has 124 valence electrons. The van der Waals surface area contributed by atoms with Gasteiger partial charge in [0.25, 0.3) is 0 Å². The number of hydrogen-bond donors (Lipinski definition) is 2. The summed E-state index contributed by atoms with van der Waals surface area (Å²) in [6, 6.07) is 10.9. The lowest BCUT2D eigenvalue weighted by molar-refractivity contribution is 0.171. The Kier molecular flexibility index (Phi) is 4.09. The van der Waals surface area contributed by atoms with E-state index in [1.165, 1.54) is 23.3 Å². The van der Waals surface area contributed by atoms with Gasteiger partial charge in [0.15, 0.2) is 11.5 Å². The zero-order valence-electron chi connectivity index (χ0n) is 13.3. The van der Waals surface area contributed by atoms with Crippen LogP contribution < -0.4 is 14.8 Å². The fourth-order valence-electron chi connectivity index (χ4n) is 3.02. The Hall–Kier alpha value is -2.53. The largest absolute Gasteiger partial charge is 0.486 e. The fourth-order valence-corrected chi connectivity index (χ4v) is 3.02. The van der Waals surface area contributed by atoms with Crippen LogP contribution in [0.5, 0.6) is 11.5 Å². The monoisotopic (exact) mass is 326 g/mol. The smallest absolute Gasteiger partial charge is 0.161 e. The van der Waals surface area contributed by atoms with Gasteiger partial charge in [0.1, 0.15) is 19.0 Å². The molecular formula is C19H19FN2O2. The Labute approximate surface area is 139 Å². The molecule has 0 saturated heterocycles. The predicted molar refractivity (Wildman–Crippen MR) is 91.1 cm³/mol. The van der Waals surface area contributed by atoms with Gasteiger partial charge in [0, 0.05) is 23.6 Å². The molecule has 0 atom stereocenters. The van der Waals surface area contributed by atoms with Crippen molar-refractivity contribution in [1.29, 1.82) is 0 Å². The van der Waals surface area contributed by atoms with Gasteiger partial charge < -0.3 is 19.8 Å². The first kappa shape index (κ1) is 15.0. The molecule has 0 saturated carbocycles. The molecule has 1 aliphatic rings. The highest BCUT2D eigenvalue weighted by atomic mass is 19.1. The van der Waals surface area contributed by atoms with Crippen LogP contribution in [0.3, 0.4) is 0 Å². The minimum atomic E-state index is -0.215. The molecular weight excluding hydrogens is 307 g/mol. The second-order valence-electron chi connectivity index (χ2n) is 5.91. The highest BCUT2D eigenvalue weighted by Crippen LogP contribution is 2.30. The average molecular weight is 326 g/mol. The number of aromatic amines is 1. The minimum Gasteiger partial charge on any atom is -0.486 e. The van der Waals surface area contributed by atoms with Crippen molar-refractivity contribution in [3.63, 3.8) is 0 Å². The molecule has 0 radical (unpaired) electrons. The SMILES string of the molecule is Fc1ccc2c(CCNCc3ccc4c(c3)OCCO4)c[nH]c2c1. The van der Waals surface area contributed by atoms with Crippen molar-refractivity contribution in [3.8, 4) is 11.5 Å². The van der Waals surface area contributed by atoms with Crippen LogP contribution in [-0.2, 0) is 13.0 Å². The number of fused-ring (bicyclic) bond motifs is 2. The minimum absolute atomic E-state index is 0.215. The lowest BCUT2D eigenvalue weighted by atomic mass is 10.1. The van der Waals surface area contributed by atoms with E-state index in [0.717, 1.165) is 41.9 Å². The van der Waals surface area contributed by atoms with E-state index in [4.69, 9.17) is 9.47 Å². The summed E-state index contributed by atoms with van der Waals surface area (Å²) in [5, 5.41) is 4.52. The summed E-state index contributed by atoms with van der Waals surface area (Å²) in [6.07, 6.45) is 2.84. The summed E-state index contributed by atoms with van der Waals surface area (Å²) in [5.41, 5.74) is 3.21. The number of hydrogen-bond acceptors (Lipinski definition) is 3. The summed E-state index contributed by atoms with van der Waals surface area (Å²) in [7, 11) is 0. The van der Waals surface area contributed by atoms with Crippen molar-refractivity contribution in [2.45, 2.75) is 13.0 Å². The van der Waals surface area contributed by atoms with Gasteiger partial charge in [-0.05, 0) is 54.4 Å². The lowest BCUT2D eigenvalue weighted by Crippen LogP contribution is -2.18. The normalized spacial score (nSPS) is 13.4. The molecule has 0 unspecified atom stereocenters. The molecule has 2 N–H and O–H groups in total. The molecule has 4 rings (SSSR count). The summed E-state index contributed by atoms with van der Waals surface area (Å²) >= 11 is 0. The van der Waals surface area contributed by atoms with Crippen molar-refractivity contribution in [3.05, 3.63) is 59.5 Å². The number of halogens is 1. The summed E-state index contributed by atoms with van der Waals surface area (Å²) < 4.78 is 24.3. The Morgan fingerprint density at radius 2 is 1.92 bits per heavy atom. The third kappa shape index (κ3) is 3.08. The van der Waals surface area contributed by atoms with Crippen LogP contribution in [0.2, 0.25) is 0 Å². The first-order chi connectivity index (χ1) is 11.8. The number of ether oxygens (including phenoxy) is 2. The first-order valence-electron chi connectivity index (χ1n) is 8.14. The molecule has 1 aromatic heterocycles. The predicted octanol–water partition coefficient (Wildman–Crippen LogP) is 3.41. The van der Waals surface area contributed by atoms with Crippen LogP contribution in [-0.4, -0.2) is 24.7 Å².